The topological polar surface area (TPSA) is 90.7 Å². The minimum Gasteiger partial charge on any atom is -0.493 e. The van der Waals surface area contributed by atoms with Gasteiger partial charge in [-0.1, -0.05) is 18.2 Å². The number of carbonyl (C=O) groups is 1. The fourth-order valence-corrected chi connectivity index (χ4v) is 2.29. The number of ether oxygens (including phenoxy) is 2. The van der Waals surface area contributed by atoms with Gasteiger partial charge in [-0.2, -0.15) is 0 Å². The van der Waals surface area contributed by atoms with Gasteiger partial charge in [0.25, 0.3) is 5.69 Å². The van der Waals surface area contributed by atoms with E-state index in [0.717, 1.165) is 11.1 Å². The fourth-order valence-electron chi connectivity index (χ4n) is 2.29. The van der Waals surface area contributed by atoms with Gasteiger partial charge in [-0.25, -0.2) is 0 Å². The number of benzene rings is 2. The van der Waals surface area contributed by atoms with Crippen molar-refractivity contribution in [3.8, 4) is 11.5 Å². The van der Waals surface area contributed by atoms with E-state index in [1.807, 2.05) is 19.9 Å². The third-order valence-corrected chi connectivity index (χ3v) is 3.59. The Balaban J connectivity index is 1.94. The average molecular weight is 370 g/mol. The number of carbonyl (C=O) groups excluding carboxylic acids is 1. The molecule has 0 atom stereocenters. The van der Waals surface area contributed by atoms with Gasteiger partial charge in [-0.3, -0.25) is 14.9 Å². The van der Waals surface area contributed by atoms with Gasteiger partial charge in [0.05, 0.1) is 18.1 Å². The molecule has 0 heterocycles. The second kappa shape index (κ2) is 9.38. The highest BCUT2D eigenvalue weighted by atomic mass is 16.6. The van der Waals surface area contributed by atoms with Crippen molar-refractivity contribution in [1.29, 1.82) is 0 Å². The first kappa shape index (κ1) is 20.0. The normalized spacial score (nSPS) is 10.8. The first-order chi connectivity index (χ1) is 12.9. The molecule has 0 saturated heterocycles. The van der Waals surface area contributed by atoms with Gasteiger partial charge in [0.2, 0.25) is 5.91 Å². The summed E-state index contributed by atoms with van der Waals surface area (Å²) in [5.41, 5.74) is 1.59. The Morgan fingerprint density at radius 2 is 1.89 bits per heavy atom. The standard InChI is InChI=1S/C20H22N2O5/c1-14(2)27-18-10-6-15(12-19(18)26-3)7-11-20(23)21-13-16-4-8-17(9-5-16)22(24)25/h4-12,14H,13H2,1-3H3,(H,21,23)/b11-7+. The number of nitro benzene ring substituents is 1. The molecule has 0 radical (unpaired) electrons. The second-order valence-electron chi connectivity index (χ2n) is 6.05. The number of amides is 1. The van der Waals surface area contributed by atoms with Crippen molar-refractivity contribution < 1.29 is 19.2 Å². The Labute approximate surface area is 157 Å². The average Bonchev–Trinajstić information content (AvgIpc) is 2.65. The van der Waals surface area contributed by atoms with Gasteiger partial charge >= 0.3 is 0 Å². The van der Waals surface area contributed by atoms with E-state index in [0.29, 0.717) is 11.5 Å². The maximum atomic E-state index is 12.0. The molecule has 0 aliphatic carbocycles. The van der Waals surface area contributed by atoms with Gasteiger partial charge < -0.3 is 14.8 Å². The van der Waals surface area contributed by atoms with Crippen LogP contribution < -0.4 is 14.8 Å². The van der Waals surface area contributed by atoms with E-state index in [1.165, 1.54) is 18.2 Å². The van der Waals surface area contributed by atoms with Crippen LogP contribution in [0.5, 0.6) is 11.5 Å². The van der Waals surface area contributed by atoms with Crippen molar-refractivity contribution in [2.45, 2.75) is 26.5 Å². The summed E-state index contributed by atoms with van der Waals surface area (Å²) < 4.78 is 11.0. The van der Waals surface area contributed by atoms with E-state index in [2.05, 4.69) is 5.32 Å². The van der Waals surface area contributed by atoms with Crippen LogP contribution in [-0.2, 0) is 11.3 Å². The molecule has 0 bridgehead atoms. The molecule has 0 aliphatic heterocycles. The number of rotatable bonds is 8. The molecule has 0 spiro atoms. The first-order valence-corrected chi connectivity index (χ1v) is 8.43. The van der Waals surface area contributed by atoms with Crippen LogP contribution in [0.4, 0.5) is 5.69 Å². The number of hydrogen-bond acceptors (Lipinski definition) is 5. The van der Waals surface area contributed by atoms with Crippen molar-refractivity contribution in [1.82, 2.24) is 5.32 Å². The highest BCUT2D eigenvalue weighted by Crippen LogP contribution is 2.29. The zero-order valence-electron chi connectivity index (χ0n) is 15.5. The number of non-ortho nitro benzene ring substituents is 1. The Bertz CT molecular complexity index is 829. The Hall–Kier alpha value is -3.35. The van der Waals surface area contributed by atoms with Crippen molar-refractivity contribution in [2.24, 2.45) is 0 Å². The maximum Gasteiger partial charge on any atom is 0.269 e. The highest BCUT2D eigenvalue weighted by Gasteiger charge is 2.07. The summed E-state index contributed by atoms with van der Waals surface area (Å²) in [6, 6.07) is 11.5. The molecule has 7 nitrogen and oxygen atoms in total. The summed E-state index contributed by atoms with van der Waals surface area (Å²) in [6.07, 6.45) is 3.13. The number of nitrogens with zero attached hydrogens (tertiary/aromatic N) is 1. The molecule has 0 aromatic heterocycles. The molecule has 2 aromatic carbocycles. The summed E-state index contributed by atoms with van der Waals surface area (Å²) in [5, 5.41) is 13.4. The van der Waals surface area contributed by atoms with Crippen LogP contribution in [0, 0.1) is 10.1 Å². The predicted molar refractivity (Wildman–Crippen MR) is 103 cm³/mol. The summed E-state index contributed by atoms with van der Waals surface area (Å²) in [4.78, 5) is 22.1. The summed E-state index contributed by atoms with van der Waals surface area (Å²) in [7, 11) is 1.56. The van der Waals surface area contributed by atoms with E-state index in [4.69, 9.17) is 9.47 Å². The van der Waals surface area contributed by atoms with Crippen LogP contribution >= 0.6 is 0 Å². The van der Waals surface area contributed by atoms with Crippen LogP contribution in [0.25, 0.3) is 6.08 Å². The molecule has 1 amide bonds. The molecule has 7 heteroatoms. The van der Waals surface area contributed by atoms with Gasteiger partial charge in [0.15, 0.2) is 11.5 Å². The lowest BCUT2D eigenvalue weighted by molar-refractivity contribution is -0.384. The van der Waals surface area contributed by atoms with Gasteiger partial charge in [0, 0.05) is 24.8 Å². The van der Waals surface area contributed by atoms with E-state index in [1.54, 1.807) is 37.5 Å². The van der Waals surface area contributed by atoms with Gasteiger partial charge in [0.1, 0.15) is 0 Å². The Morgan fingerprint density at radius 1 is 1.19 bits per heavy atom. The molecule has 142 valence electrons. The minimum atomic E-state index is -0.461. The molecule has 1 N–H and O–H groups in total. The SMILES string of the molecule is COc1cc(/C=C/C(=O)NCc2ccc([N+](=O)[O-])cc2)ccc1OC(C)C. The monoisotopic (exact) mass is 370 g/mol. The number of nitrogens with one attached hydrogen (secondary N) is 1. The lowest BCUT2D eigenvalue weighted by Crippen LogP contribution is -2.20. The predicted octanol–water partition coefficient (Wildman–Crippen LogP) is 3.72. The molecule has 2 aromatic rings. The Kier molecular flexibility index (Phi) is 6.93. The highest BCUT2D eigenvalue weighted by molar-refractivity contribution is 5.91. The van der Waals surface area contributed by atoms with Crippen molar-refractivity contribution in [3.63, 3.8) is 0 Å². The third-order valence-electron chi connectivity index (χ3n) is 3.59. The van der Waals surface area contributed by atoms with E-state index in [-0.39, 0.29) is 24.2 Å². The number of hydrogen-bond donors (Lipinski definition) is 1. The lowest BCUT2D eigenvalue weighted by Gasteiger charge is -2.13. The fraction of sp³-hybridized carbons (Fsp3) is 0.250. The third kappa shape index (κ3) is 6.14. The molecule has 0 aliphatic rings. The molecule has 0 unspecified atom stereocenters. The van der Waals surface area contributed by atoms with Crippen LogP contribution in [0.1, 0.15) is 25.0 Å². The van der Waals surface area contributed by atoms with Gasteiger partial charge in [-0.05, 0) is 43.2 Å². The smallest absolute Gasteiger partial charge is 0.269 e. The summed E-state index contributed by atoms with van der Waals surface area (Å²) in [5.74, 6) is 0.972. The Morgan fingerprint density at radius 3 is 2.48 bits per heavy atom. The summed E-state index contributed by atoms with van der Waals surface area (Å²) in [6.45, 7) is 4.15. The summed E-state index contributed by atoms with van der Waals surface area (Å²) >= 11 is 0. The molecular weight excluding hydrogens is 348 g/mol. The van der Waals surface area contributed by atoms with Crippen LogP contribution in [0.2, 0.25) is 0 Å². The molecule has 2 rings (SSSR count). The maximum absolute atomic E-state index is 12.0. The molecule has 0 fully saturated rings. The number of nitro groups is 1. The quantitative estimate of drug-likeness (QED) is 0.434. The van der Waals surface area contributed by atoms with Crippen molar-refractivity contribution in [2.75, 3.05) is 7.11 Å². The van der Waals surface area contributed by atoms with Crippen molar-refractivity contribution >= 4 is 17.7 Å². The number of methoxy groups -OCH3 is 1. The van der Waals surface area contributed by atoms with E-state index in [9.17, 15) is 14.9 Å². The zero-order chi connectivity index (χ0) is 19.8. The van der Waals surface area contributed by atoms with Gasteiger partial charge in [-0.15, -0.1) is 0 Å². The molecule has 27 heavy (non-hydrogen) atoms. The van der Waals surface area contributed by atoms with E-state index < -0.39 is 4.92 Å². The van der Waals surface area contributed by atoms with Crippen LogP contribution in [0.3, 0.4) is 0 Å². The largest absolute Gasteiger partial charge is 0.493 e. The molecule has 0 saturated carbocycles. The molecular formula is C20H22N2O5. The van der Waals surface area contributed by atoms with Crippen LogP contribution in [0.15, 0.2) is 48.5 Å². The van der Waals surface area contributed by atoms with Crippen LogP contribution in [-0.4, -0.2) is 24.0 Å². The zero-order valence-corrected chi connectivity index (χ0v) is 15.5. The minimum absolute atomic E-state index is 0.0174. The van der Waals surface area contributed by atoms with Crippen molar-refractivity contribution in [3.05, 3.63) is 69.8 Å². The second-order valence-corrected chi connectivity index (χ2v) is 6.05. The lowest BCUT2D eigenvalue weighted by atomic mass is 10.1. The first-order valence-electron chi connectivity index (χ1n) is 8.43. The van der Waals surface area contributed by atoms with E-state index >= 15 is 0 Å².